The molecule has 3 heterocycles. The summed E-state index contributed by atoms with van der Waals surface area (Å²) in [4.78, 5) is 32.2. The Hall–Kier alpha value is -3.68. The number of likely N-dealkylation sites (tertiary alicyclic amines) is 1. The fourth-order valence-electron chi connectivity index (χ4n) is 4.95. The molecule has 2 aliphatic rings. The van der Waals surface area contributed by atoms with Crippen LogP contribution in [0.25, 0.3) is 11.3 Å². The van der Waals surface area contributed by atoms with E-state index in [1.165, 1.54) is 0 Å². The second-order valence-corrected chi connectivity index (χ2v) is 8.92. The molecule has 1 aromatic carbocycles. The fraction of sp³-hybridized carbons (Fsp3) is 0.360. The number of hydrogen-bond acceptors (Lipinski definition) is 5. The van der Waals surface area contributed by atoms with Gasteiger partial charge in [-0.15, -0.1) is 0 Å². The summed E-state index contributed by atoms with van der Waals surface area (Å²) in [5.41, 5.74) is 2.93. The van der Waals surface area contributed by atoms with Gasteiger partial charge in [-0.3, -0.25) is 19.7 Å². The van der Waals surface area contributed by atoms with Crippen LogP contribution in [-0.4, -0.2) is 52.1 Å². The summed E-state index contributed by atoms with van der Waals surface area (Å²) >= 11 is 0. The van der Waals surface area contributed by atoms with Crippen LogP contribution in [0, 0.1) is 11.3 Å². The van der Waals surface area contributed by atoms with E-state index < -0.39 is 0 Å². The van der Waals surface area contributed by atoms with Crippen molar-refractivity contribution < 1.29 is 14.3 Å². The van der Waals surface area contributed by atoms with Gasteiger partial charge in [-0.05, 0) is 60.9 Å². The molecule has 5 rings (SSSR count). The molecule has 1 aliphatic heterocycles. The van der Waals surface area contributed by atoms with Crippen LogP contribution in [0.4, 0.5) is 0 Å². The lowest BCUT2D eigenvalue weighted by molar-refractivity contribution is -0.129. The maximum absolute atomic E-state index is 13.3. The van der Waals surface area contributed by atoms with E-state index in [-0.39, 0.29) is 23.1 Å². The molecule has 1 saturated carbocycles. The predicted molar refractivity (Wildman–Crippen MR) is 122 cm³/mol. The van der Waals surface area contributed by atoms with Gasteiger partial charge in [0.2, 0.25) is 5.91 Å². The summed E-state index contributed by atoms with van der Waals surface area (Å²) in [7, 11) is 1.62. The van der Waals surface area contributed by atoms with Gasteiger partial charge in [0.25, 0.3) is 5.91 Å². The number of ether oxygens (including phenoxy) is 1. The van der Waals surface area contributed by atoms with Crippen molar-refractivity contribution in [2.24, 2.45) is 11.3 Å². The third-order valence-corrected chi connectivity index (χ3v) is 7.01. The molecule has 2 N–H and O–H groups in total. The molecule has 1 unspecified atom stereocenters. The Morgan fingerprint density at radius 2 is 1.94 bits per heavy atom. The lowest BCUT2D eigenvalue weighted by atomic mass is 9.62. The quantitative estimate of drug-likeness (QED) is 0.608. The Balaban J connectivity index is 1.27. The van der Waals surface area contributed by atoms with Gasteiger partial charge in [0.1, 0.15) is 11.4 Å². The monoisotopic (exact) mass is 445 g/mol. The van der Waals surface area contributed by atoms with Crippen LogP contribution in [0.15, 0.2) is 54.9 Å². The van der Waals surface area contributed by atoms with Gasteiger partial charge in [0, 0.05) is 43.0 Å². The number of pyridine rings is 1. The molecule has 1 spiro atoms. The molecule has 1 aliphatic carbocycles. The van der Waals surface area contributed by atoms with Gasteiger partial charge in [-0.25, -0.2) is 0 Å². The molecule has 0 radical (unpaired) electrons. The zero-order chi connectivity index (χ0) is 22.8. The lowest BCUT2D eigenvalue weighted by Gasteiger charge is -2.41. The van der Waals surface area contributed by atoms with Gasteiger partial charge in [0.15, 0.2) is 0 Å². The summed E-state index contributed by atoms with van der Waals surface area (Å²) in [6.07, 6.45) is 6.49. The number of aromatic nitrogens is 3. The predicted octanol–water partition coefficient (Wildman–Crippen LogP) is 3.04. The number of amides is 2. The molecule has 3 aromatic rings. The summed E-state index contributed by atoms with van der Waals surface area (Å²) in [6, 6.07) is 13.1. The second kappa shape index (κ2) is 8.69. The van der Waals surface area contributed by atoms with E-state index in [0.717, 1.165) is 36.1 Å². The zero-order valence-electron chi connectivity index (χ0n) is 18.6. The van der Waals surface area contributed by atoms with Gasteiger partial charge >= 0.3 is 0 Å². The highest BCUT2D eigenvalue weighted by Gasteiger charge is 2.54. The van der Waals surface area contributed by atoms with E-state index in [2.05, 4.69) is 20.5 Å². The molecule has 2 fully saturated rings. The Bertz CT molecular complexity index is 1140. The average Bonchev–Trinajstić information content (AvgIpc) is 3.49. The number of nitrogens with one attached hydrogen (secondary N) is 2. The van der Waals surface area contributed by atoms with Gasteiger partial charge < -0.3 is 15.0 Å². The normalized spacial score (nSPS) is 18.7. The molecule has 2 amide bonds. The topological polar surface area (TPSA) is 100 Å². The van der Waals surface area contributed by atoms with Crippen molar-refractivity contribution in [3.8, 4) is 17.0 Å². The number of benzene rings is 1. The van der Waals surface area contributed by atoms with Crippen LogP contribution in [0.3, 0.4) is 0 Å². The number of aromatic amines is 1. The van der Waals surface area contributed by atoms with Crippen molar-refractivity contribution in [2.45, 2.75) is 25.8 Å². The summed E-state index contributed by atoms with van der Waals surface area (Å²) < 4.78 is 5.20. The first kappa shape index (κ1) is 21.2. The van der Waals surface area contributed by atoms with E-state index in [4.69, 9.17) is 4.74 Å². The Morgan fingerprint density at radius 1 is 1.18 bits per heavy atom. The van der Waals surface area contributed by atoms with Crippen molar-refractivity contribution in [2.75, 3.05) is 20.2 Å². The SMILES string of the molecule is COc1ccc(-c2cc(C(=O)N3CC(C(=O)NCc4ccncc4)C4(CCC4)C3)[nH]n2)cc1. The standard InChI is InChI=1S/C25H27N5O3/c1-33-19-5-3-18(4-6-19)21-13-22(29-28-21)24(32)30-15-20(25(16-30)9-2-10-25)23(31)27-14-17-7-11-26-12-8-17/h3-8,11-13,20H,2,9-10,14-16H2,1H3,(H,27,31)(H,28,29). The lowest BCUT2D eigenvalue weighted by Crippen LogP contribution is -2.45. The van der Waals surface area contributed by atoms with Gasteiger partial charge in [-0.1, -0.05) is 6.42 Å². The first-order valence-electron chi connectivity index (χ1n) is 11.2. The Kier molecular flexibility index (Phi) is 5.58. The van der Waals surface area contributed by atoms with Gasteiger partial charge in [0.05, 0.1) is 18.7 Å². The van der Waals surface area contributed by atoms with E-state index >= 15 is 0 Å². The fourth-order valence-corrected chi connectivity index (χ4v) is 4.95. The number of nitrogens with zero attached hydrogens (tertiary/aromatic N) is 3. The minimum atomic E-state index is -0.194. The molecule has 0 bridgehead atoms. The highest BCUT2D eigenvalue weighted by atomic mass is 16.5. The van der Waals surface area contributed by atoms with Crippen LogP contribution in [0.1, 0.15) is 35.3 Å². The molecule has 1 saturated heterocycles. The first-order valence-corrected chi connectivity index (χ1v) is 11.2. The number of hydrogen-bond donors (Lipinski definition) is 2. The van der Waals surface area contributed by atoms with Crippen LogP contribution < -0.4 is 10.1 Å². The second-order valence-electron chi connectivity index (χ2n) is 8.92. The number of H-pyrrole nitrogens is 1. The minimum absolute atomic E-state index is 0.0188. The molecule has 2 aromatic heterocycles. The molecule has 8 heteroatoms. The highest BCUT2D eigenvalue weighted by molar-refractivity contribution is 5.94. The number of carbonyl (C=O) groups excluding carboxylic acids is 2. The molecule has 8 nitrogen and oxygen atoms in total. The maximum atomic E-state index is 13.3. The summed E-state index contributed by atoms with van der Waals surface area (Å²) in [5, 5.41) is 10.3. The maximum Gasteiger partial charge on any atom is 0.271 e. The van der Waals surface area contributed by atoms with Crippen LogP contribution in [-0.2, 0) is 11.3 Å². The molecular weight excluding hydrogens is 418 g/mol. The third kappa shape index (κ3) is 4.08. The molecule has 1 atom stereocenters. The molecular formula is C25H27N5O3. The molecule has 170 valence electrons. The van der Waals surface area contributed by atoms with Gasteiger partial charge in [-0.2, -0.15) is 5.10 Å². The summed E-state index contributed by atoms with van der Waals surface area (Å²) in [5.74, 6) is 0.478. The number of carbonyl (C=O) groups is 2. The largest absolute Gasteiger partial charge is 0.497 e. The number of rotatable bonds is 6. The first-order chi connectivity index (χ1) is 16.1. The number of methoxy groups -OCH3 is 1. The van der Waals surface area contributed by atoms with E-state index in [0.29, 0.717) is 31.0 Å². The Labute approximate surface area is 192 Å². The van der Waals surface area contributed by atoms with Crippen molar-refractivity contribution in [3.05, 3.63) is 66.1 Å². The summed E-state index contributed by atoms with van der Waals surface area (Å²) in [6.45, 7) is 1.50. The minimum Gasteiger partial charge on any atom is -0.497 e. The Morgan fingerprint density at radius 3 is 2.61 bits per heavy atom. The zero-order valence-corrected chi connectivity index (χ0v) is 18.6. The molecule has 33 heavy (non-hydrogen) atoms. The smallest absolute Gasteiger partial charge is 0.271 e. The van der Waals surface area contributed by atoms with Crippen LogP contribution >= 0.6 is 0 Å². The van der Waals surface area contributed by atoms with E-state index in [9.17, 15) is 9.59 Å². The van der Waals surface area contributed by atoms with Crippen molar-refractivity contribution in [1.82, 2.24) is 25.4 Å². The van der Waals surface area contributed by atoms with Crippen LogP contribution in [0.5, 0.6) is 5.75 Å². The van der Waals surface area contributed by atoms with Crippen molar-refractivity contribution >= 4 is 11.8 Å². The van der Waals surface area contributed by atoms with Crippen LogP contribution in [0.2, 0.25) is 0 Å². The average molecular weight is 446 g/mol. The third-order valence-electron chi connectivity index (χ3n) is 7.01. The van der Waals surface area contributed by atoms with Crippen molar-refractivity contribution in [1.29, 1.82) is 0 Å². The van der Waals surface area contributed by atoms with E-state index in [1.54, 1.807) is 30.5 Å². The highest BCUT2D eigenvalue weighted by Crippen LogP contribution is 2.52. The van der Waals surface area contributed by atoms with E-state index in [1.807, 2.05) is 36.4 Å². The van der Waals surface area contributed by atoms with Crippen molar-refractivity contribution in [3.63, 3.8) is 0 Å².